The Labute approximate surface area is 148 Å². The second kappa shape index (κ2) is 8.20. The number of fused-ring (bicyclic) bond motifs is 1. The number of carbonyl (C=O) groups excluding carboxylic acids is 2. The molecule has 1 aromatic carbocycles. The zero-order chi connectivity index (χ0) is 18.4. The number of hydrogen-bond acceptors (Lipinski definition) is 4. The van der Waals surface area contributed by atoms with E-state index >= 15 is 0 Å². The molecule has 1 heterocycles. The van der Waals surface area contributed by atoms with Gasteiger partial charge in [-0.2, -0.15) is 0 Å². The monoisotopic (exact) mass is 348 g/mol. The standard InChI is InChI=1S/C18H28N4O3/c1-18(2,3)25-17(24)22-11-5-8-13-6-4-7-14(15(13)22)12-20-9-10-21-16(19)23/h4,6-7,20H,5,8-12H2,1-3H3,(H3,19,21,23). The molecule has 0 radical (unpaired) electrons. The molecule has 4 N–H and O–H groups in total. The van der Waals surface area contributed by atoms with Crippen molar-refractivity contribution in [3.05, 3.63) is 29.3 Å². The van der Waals surface area contributed by atoms with Crippen LogP contribution in [-0.2, 0) is 17.7 Å². The first-order valence-electron chi connectivity index (χ1n) is 8.63. The summed E-state index contributed by atoms with van der Waals surface area (Å²) in [4.78, 5) is 25.0. The van der Waals surface area contributed by atoms with Gasteiger partial charge in [-0.05, 0) is 44.7 Å². The Balaban J connectivity index is 2.10. The van der Waals surface area contributed by atoms with Crippen molar-refractivity contribution in [2.45, 2.75) is 45.8 Å². The highest BCUT2D eigenvalue weighted by Crippen LogP contribution is 2.32. The number of anilines is 1. The van der Waals surface area contributed by atoms with Crippen molar-refractivity contribution in [2.75, 3.05) is 24.5 Å². The summed E-state index contributed by atoms with van der Waals surface area (Å²) in [6.07, 6.45) is 1.56. The van der Waals surface area contributed by atoms with Crippen LogP contribution in [0.5, 0.6) is 0 Å². The molecule has 0 spiro atoms. The summed E-state index contributed by atoms with van der Waals surface area (Å²) in [5, 5.41) is 5.80. The van der Waals surface area contributed by atoms with Crippen molar-refractivity contribution in [3.63, 3.8) is 0 Å². The number of aryl methyl sites for hydroxylation is 1. The maximum atomic E-state index is 12.6. The van der Waals surface area contributed by atoms with E-state index in [-0.39, 0.29) is 6.09 Å². The summed E-state index contributed by atoms with van der Waals surface area (Å²) in [7, 11) is 0. The zero-order valence-corrected chi connectivity index (χ0v) is 15.2. The fraction of sp³-hybridized carbons (Fsp3) is 0.556. The summed E-state index contributed by atoms with van der Waals surface area (Å²) in [6, 6.07) is 5.55. The third-order valence-corrected chi connectivity index (χ3v) is 3.83. The number of nitrogens with zero attached hydrogens (tertiary/aromatic N) is 1. The number of nitrogens with two attached hydrogens (primary N) is 1. The predicted octanol–water partition coefficient (Wildman–Crippen LogP) is 2.13. The molecule has 3 amide bonds. The van der Waals surface area contributed by atoms with Crippen LogP contribution in [0.25, 0.3) is 0 Å². The van der Waals surface area contributed by atoms with E-state index in [1.165, 1.54) is 0 Å². The van der Waals surface area contributed by atoms with Gasteiger partial charge in [0, 0.05) is 26.2 Å². The topological polar surface area (TPSA) is 96.7 Å². The number of urea groups is 1. The molecule has 0 unspecified atom stereocenters. The fourth-order valence-corrected chi connectivity index (χ4v) is 2.87. The van der Waals surface area contributed by atoms with Gasteiger partial charge in [-0.3, -0.25) is 4.90 Å². The zero-order valence-electron chi connectivity index (χ0n) is 15.2. The van der Waals surface area contributed by atoms with Crippen LogP contribution in [0, 0.1) is 0 Å². The van der Waals surface area contributed by atoms with Crippen LogP contribution >= 0.6 is 0 Å². The smallest absolute Gasteiger partial charge is 0.414 e. The molecule has 7 nitrogen and oxygen atoms in total. The quantitative estimate of drug-likeness (QED) is 0.710. The molecule has 1 aliphatic rings. The molecule has 0 saturated carbocycles. The number of hydrogen-bond donors (Lipinski definition) is 3. The van der Waals surface area contributed by atoms with Gasteiger partial charge in [0.05, 0.1) is 5.69 Å². The van der Waals surface area contributed by atoms with Crippen LogP contribution in [0.3, 0.4) is 0 Å². The van der Waals surface area contributed by atoms with Gasteiger partial charge < -0.3 is 21.1 Å². The van der Waals surface area contributed by atoms with Gasteiger partial charge in [-0.15, -0.1) is 0 Å². The van der Waals surface area contributed by atoms with Crippen molar-refractivity contribution in [2.24, 2.45) is 5.73 Å². The van der Waals surface area contributed by atoms with Gasteiger partial charge in [-0.25, -0.2) is 9.59 Å². The Kier molecular flexibility index (Phi) is 6.25. The summed E-state index contributed by atoms with van der Waals surface area (Å²) < 4.78 is 5.56. The largest absolute Gasteiger partial charge is 0.443 e. The minimum Gasteiger partial charge on any atom is -0.443 e. The van der Waals surface area contributed by atoms with E-state index < -0.39 is 11.6 Å². The first-order chi connectivity index (χ1) is 11.8. The van der Waals surface area contributed by atoms with Crippen LogP contribution in [0.1, 0.15) is 38.3 Å². The van der Waals surface area contributed by atoms with E-state index in [2.05, 4.69) is 16.7 Å². The summed E-state index contributed by atoms with van der Waals surface area (Å²) in [5.74, 6) is 0. The molecule has 0 fully saturated rings. The lowest BCUT2D eigenvalue weighted by Crippen LogP contribution is -2.41. The molecule has 1 aliphatic heterocycles. The van der Waals surface area contributed by atoms with Crippen LogP contribution in [0.2, 0.25) is 0 Å². The van der Waals surface area contributed by atoms with Crippen LogP contribution in [0.4, 0.5) is 15.3 Å². The number of benzene rings is 1. The lowest BCUT2D eigenvalue weighted by Gasteiger charge is -2.33. The summed E-state index contributed by atoms with van der Waals surface area (Å²) >= 11 is 0. The minimum atomic E-state index is -0.532. The van der Waals surface area contributed by atoms with Gasteiger partial charge in [0.2, 0.25) is 0 Å². The Morgan fingerprint density at radius 2 is 2.04 bits per heavy atom. The average molecular weight is 348 g/mol. The highest BCUT2D eigenvalue weighted by molar-refractivity contribution is 5.90. The number of para-hydroxylation sites is 1. The molecule has 25 heavy (non-hydrogen) atoms. The van der Waals surface area contributed by atoms with E-state index in [0.29, 0.717) is 26.2 Å². The Bertz CT molecular complexity index is 625. The van der Waals surface area contributed by atoms with E-state index in [4.69, 9.17) is 10.5 Å². The molecular weight excluding hydrogens is 320 g/mol. The van der Waals surface area contributed by atoms with Crippen molar-refractivity contribution in [1.29, 1.82) is 0 Å². The third-order valence-electron chi connectivity index (χ3n) is 3.83. The van der Waals surface area contributed by atoms with Crippen LogP contribution < -0.4 is 21.3 Å². The van der Waals surface area contributed by atoms with Gasteiger partial charge in [-0.1, -0.05) is 18.2 Å². The minimum absolute atomic E-state index is 0.309. The first kappa shape index (κ1) is 19.1. The van der Waals surface area contributed by atoms with E-state index in [1.807, 2.05) is 32.9 Å². The maximum absolute atomic E-state index is 12.6. The highest BCUT2D eigenvalue weighted by atomic mass is 16.6. The van der Waals surface area contributed by atoms with E-state index in [1.54, 1.807) is 4.90 Å². The molecule has 0 atom stereocenters. The molecule has 1 aromatic rings. The number of rotatable bonds is 5. The van der Waals surface area contributed by atoms with Gasteiger partial charge >= 0.3 is 12.1 Å². The van der Waals surface area contributed by atoms with Crippen LogP contribution in [0.15, 0.2) is 18.2 Å². The second-order valence-corrected chi connectivity index (χ2v) is 7.13. The Hall–Kier alpha value is -2.28. The fourth-order valence-electron chi connectivity index (χ4n) is 2.87. The Morgan fingerprint density at radius 3 is 2.72 bits per heavy atom. The predicted molar refractivity (Wildman–Crippen MR) is 97.6 cm³/mol. The summed E-state index contributed by atoms with van der Waals surface area (Å²) in [5.41, 5.74) is 7.66. The second-order valence-electron chi connectivity index (χ2n) is 7.13. The molecule has 0 saturated heterocycles. The van der Waals surface area contributed by atoms with E-state index in [9.17, 15) is 9.59 Å². The molecule has 7 heteroatoms. The number of primary amides is 1. The third kappa shape index (κ3) is 5.63. The first-order valence-corrected chi connectivity index (χ1v) is 8.63. The number of ether oxygens (including phenoxy) is 1. The van der Waals surface area contributed by atoms with Crippen LogP contribution in [-0.4, -0.2) is 37.4 Å². The Morgan fingerprint density at radius 1 is 1.28 bits per heavy atom. The molecular formula is C18H28N4O3. The number of nitrogens with one attached hydrogen (secondary N) is 2. The lowest BCUT2D eigenvalue weighted by molar-refractivity contribution is 0.0577. The number of amides is 3. The van der Waals surface area contributed by atoms with Crippen molar-refractivity contribution in [3.8, 4) is 0 Å². The normalized spacial score (nSPS) is 14.0. The van der Waals surface area contributed by atoms with Gasteiger partial charge in [0.1, 0.15) is 5.60 Å². The van der Waals surface area contributed by atoms with Crippen molar-refractivity contribution in [1.82, 2.24) is 10.6 Å². The molecule has 138 valence electrons. The van der Waals surface area contributed by atoms with Crippen molar-refractivity contribution < 1.29 is 14.3 Å². The summed E-state index contributed by atoms with van der Waals surface area (Å²) in [6.45, 7) is 7.92. The number of carbonyl (C=O) groups is 2. The van der Waals surface area contributed by atoms with Gasteiger partial charge in [0.25, 0.3) is 0 Å². The van der Waals surface area contributed by atoms with Crippen molar-refractivity contribution >= 4 is 17.8 Å². The highest BCUT2D eigenvalue weighted by Gasteiger charge is 2.28. The molecule has 0 aromatic heterocycles. The lowest BCUT2D eigenvalue weighted by atomic mass is 9.98. The maximum Gasteiger partial charge on any atom is 0.414 e. The average Bonchev–Trinajstić information content (AvgIpc) is 2.52. The molecule has 2 rings (SSSR count). The van der Waals surface area contributed by atoms with Gasteiger partial charge in [0.15, 0.2) is 0 Å². The van der Waals surface area contributed by atoms with E-state index in [0.717, 1.165) is 29.7 Å². The molecule has 0 bridgehead atoms. The SMILES string of the molecule is CC(C)(C)OC(=O)N1CCCc2cccc(CNCCNC(N)=O)c21. The molecule has 0 aliphatic carbocycles.